The Morgan fingerprint density at radius 3 is 2.13 bits per heavy atom. The van der Waals surface area contributed by atoms with Crippen LogP contribution in [0.2, 0.25) is 0 Å². The Morgan fingerprint density at radius 2 is 1.61 bits per heavy atom. The van der Waals surface area contributed by atoms with Gasteiger partial charge in [-0.1, -0.05) is 0 Å². The summed E-state index contributed by atoms with van der Waals surface area (Å²) in [6, 6.07) is 11.5. The topological polar surface area (TPSA) is 75.6 Å². The molecule has 2 aromatic carbocycles. The van der Waals surface area contributed by atoms with Gasteiger partial charge >= 0.3 is 5.97 Å². The monoisotopic (exact) mass is 317 g/mol. The Bertz CT molecular complexity index is 708. The first kappa shape index (κ1) is 16.5. The number of halogens is 1. The number of rotatable bonds is 5. The van der Waals surface area contributed by atoms with Crippen molar-refractivity contribution in [2.45, 2.75) is 19.4 Å². The molecule has 0 radical (unpaired) electrons. The standard InChI is InChI=1S/C17H16FNO4/c1-17(2,16(21)22)23-14-9-3-11(4-10-14)15(20)19-13-7-5-12(18)6-8-13/h3-10H,1-2H3,(H,19,20)(H,21,22). The molecule has 0 saturated heterocycles. The smallest absolute Gasteiger partial charge is 0.347 e. The molecule has 0 aliphatic rings. The highest BCUT2D eigenvalue weighted by Crippen LogP contribution is 2.20. The number of nitrogens with one attached hydrogen (secondary N) is 1. The third kappa shape index (κ3) is 4.29. The Labute approximate surface area is 132 Å². The number of carboxylic acid groups (broad SMARTS) is 1. The summed E-state index contributed by atoms with van der Waals surface area (Å²) in [5.41, 5.74) is -0.517. The van der Waals surface area contributed by atoms with Crippen molar-refractivity contribution < 1.29 is 23.8 Å². The second-order valence-electron chi connectivity index (χ2n) is 5.40. The van der Waals surface area contributed by atoms with Crippen molar-refractivity contribution in [2.75, 3.05) is 5.32 Å². The molecule has 120 valence electrons. The summed E-state index contributed by atoms with van der Waals surface area (Å²) < 4.78 is 18.2. The lowest BCUT2D eigenvalue weighted by Gasteiger charge is -2.21. The van der Waals surface area contributed by atoms with Gasteiger partial charge in [-0.3, -0.25) is 4.79 Å². The minimum atomic E-state index is -1.36. The lowest BCUT2D eigenvalue weighted by molar-refractivity contribution is -0.152. The fraction of sp³-hybridized carbons (Fsp3) is 0.176. The number of carbonyl (C=O) groups is 2. The maximum absolute atomic E-state index is 12.8. The van der Waals surface area contributed by atoms with Crippen LogP contribution in [0.15, 0.2) is 48.5 Å². The van der Waals surface area contributed by atoms with Crippen LogP contribution in [0.5, 0.6) is 5.75 Å². The normalized spacial score (nSPS) is 10.9. The quantitative estimate of drug-likeness (QED) is 0.887. The van der Waals surface area contributed by atoms with Gasteiger partial charge in [0.15, 0.2) is 5.60 Å². The highest BCUT2D eigenvalue weighted by Gasteiger charge is 2.29. The van der Waals surface area contributed by atoms with Gasteiger partial charge < -0.3 is 15.2 Å². The van der Waals surface area contributed by atoms with Gasteiger partial charge in [0.1, 0.15) is 11.6 Å². The molecule has 0 aliphatic heterocycles. The fourth-order valence-electron chi connectivity index (χ4n) is 1.75. The summed E-state index contributed by atoms with van der Waals surface area (Å²) in [5, 5.41) is 11.6. The summed E-state index contributed by atoms with van der Waals surface area (Å²) in [4.78, 5) is 23.1. The molecule has 0 saturated carbocycles. The van der Waals surface area contributed by atoms with Gasteiger partial charge in [-0.2, -0.15) is 0 Å². The van der Waals surface area contributed by atoms with Crippen LogP contribution < -0.4 is 10.1 Å². The molecule has 0 heterocycles. The zero-order chi connectivity index (χ0) is 17.0. The maximum Gasteiger partial charge on any atom is 0.347 e. The third-order valence-corrected chi connectivity index (χ3v) is 3.11. The number of benzene rings is 2. The van der Waals surface area contributed by atoms with Gasteiger partial charge in [-0.05, 0) is 62.4 Å². The number of hydrogen-bond acceptors (Lipinski definition) is 3. The van der Waals surface area contributed by atoms with Gasteiger partial charge in [-0.15, -0.1) is 0 Å². The highest BCUT2D eigenvalue weighted by atomic mass is 19.1. The number of carboxylic acids is 1. The average Bonchev–Trinajstić information content (AvgIpc) is 2.49. The van der Waals surface area contributed by atoms with E-state index in [2.05, 4.69) is 5.32 Å². The predicted octanol–water partition coefficient (Wildman–Crippen LogP) is 3.32. The molecule has 2 N–H and O–H groups in total. The van der Waals surface area contributed by atoms with Crippen molar-refractivity contribution in [1.82, 2.24) is 0 Å². The molecule has 5 nitrogen and oxygen atoms in total. The molecule has 0 unspecified atom stereocenters. The molecule has 2 aromatic rings. The zero-order valence-corrected chi connectivity index (χ0v) is 12.7. The molecule has 0 aromatic heterocycles. The van der Waals surface area contributed by atoms with Crippen molar-refractivity contribution in [3.8, 4) is 5.75 Å². The van der Waals surface area contributed by atoms with Crippen molar-refractivity contribution >= 4 is 17.6 Å². The highest BCUT2D eigenvalue weighted by molar-refractivity contribution is 6.04. The Balaban J connectivity index is 2.05. The minimum absolute atomic E-state index is 0.343. The first-order valence-corrected chi connectivity index (χ1v) is 6.87. The molecule has 0 atom stereocenters. The molecule has 0 spiro atoms. The molecule has 0 fully saturated rings. The zero-order valence-electron chi connectivity index (χ0n) is 12.7. The van der Waals surface area contributed by atoms with Crippen molar-refractivity contribution in [2.24, 2.45) is 0 Å². The minimum Gasteiger partial charge on any atom is -0.478 e. The number of aliphatic carboxylic acids is 1. The first-order chi connectivity index (χ1) is 10.8. The van der Waals surface area contributed by atoms with Gasteiger partial charge in [0, 0.05) is 11.3 Å². The third-order valence-electron chi connectivity index (χ3n) is 3.11. The van der Waals surface area contributed by atoms with E-state index in [1.54, 1.807) is 0 Å². The summed E-state index contributed by atoms with van der Waals surface area (Å²) in [6.07, 6.45) is 0. The summed E-state index contributed by atoms with van der Waals surface area (Å²) in [6.45, 7) is 2.87. The molecule has 0 aliphatic carbocycles. The molecular formula is C17H16FNO4. The van der Waals surface area contributed by atoms with Crippen LogP contribution in [-0.2, 0) is 4.79 Å². The van der Waals surface area contributed by atoms with Crippen LogP contribution in [0, 0.1) is 5.82 Å². The van der Waals surface area contributed by atoms with Gasteiger partial charge in [-0.25, -0.2) is 9.18 Å². The van der Waals surface area contributed by atoms with E-state index in [0.717, 1.165) is 0 Å². The van der Waals surface area contributed by atoms with E-state index in [1.807, 2.05) is 0 Å². The number of ether oxygens (including phenoxy) is 1. The van der Waals surface area contributed by atoms with E-state index in [9.17, 15) is 14.0 Å². The van der Waals surface area contributed by atoms with Crippen LogP contribution in [0.25, 0.3) is 0 Å². The largest absolute Gasteiger partial charge is 0.478 e. The van der Waals surface area contributed by atoms with E-state index >= 15 is 0 Å². The van der Waals surface area contributed by atoms with Crippen LogP contribution in [0.4, 0.5) is 10.1 Å². The van der Waals surface area contributed by atoms with Crippen LogP contribution >= 0.6 is 0 Å². The van der Waals surface area contributed by atoms with E-state index in [1.165, 1.54) is 62.4 Å². The van der Waals surface area contributed by atoms with Crippen molar-refractivity contribution in [3.05, 3.63) is 59.9 Å². The molecule has 2 rings (SSSR count). The number of amides is 1. The SMILES string of the molecule is CC(C)(Oc1ccc(C(=O)Nc2ccc(F)cc2)cc1)C(=O)O. The van der Waals surface area contributed by atoms with E-state index in [0.29, 0.717) is 17.0 Å². The molecule has 6 heteroatoms. The molecular weight excluding hydrogens is 301 g/mol. The second-order valence-corrected chi connectivity index (χ2v) is 5.40. The molecule has 23 heavy (non-hydrogen) atoms. The van der Waals surface area contributed by atoms with Crippen LogP contribution in [0.1, 0.15) is 24.2 Å². The van der Waals surface area contributed by atoms with E-state index in [4.69, 9.17) is 9.84 Å². The van der Waals surface area contributed by atoms with Gasteiger partial charge in [0.25, 0.3) is 5.91 Å². The van der Waals surface area contributed by atoms with Crippen molar-refractivity contribution in [1.29, 1.82) is 0 Å². The molecule has 0 bridgehead atoms. The predicted molar refractivity (Wildman–Crippen MR) is 83.1 cm³/mol. The maximum atomic E-state index is 12.8. The van der Waals surface area contributed by atoms with Crippen molar-refractivity contribution in [3.63, 3.8) is 0 Å². The van der Waals surface area contributed by atoms with Gasteiger partial charge in [0.05, 0.1) is 0 Å². The van der Waals surface area contributed by atoms with Crippen LogP contribution in [-0.4, -0.2) is 22.6 Å². The number of anilines is 1. The van der Waals surface area contributed by atoms with Crippen LogP contribution in [0.3, 0.4) is 0 Å². The summed E-state index contributed by atoms with van der Waals surface area (Å²) in [5.74, 6) is -1.49. The number of carbonyl (C=O) groups excluding carboxylic acids is 1. The molecule has 1 amide bonds. The lowest BCUT2D eigenvalue weighted by atomic mass is 10.1. The Kier molecular flexibility index (Phi) is 4.64. The summed E-state index contributed by atoms with van der Waals surface area (Å²) in [7, 11) is 0. The number of hydrogen-bond donors (Lipinski definition) is 2. The average molecular weight is 317 g/mol. The first-order valence-electron chi connectivity index (χ1n) is 6.87. The van der Waals surface area contributed by atoms with Gasteiger partial charge in [0.2, 0.25) is 0 Å². The Hall–Kier alpha value is -2.89. The second kappa shape index (κ2) is 6.48. The lowest BCUT2D eigenvalue weighted by Crippen LogP contribution is -2.37. The van der Waals surface area contributed by atoms with E-state index < -0.39 is 11.6 Å². The fourth-order valence-corrected chi connectivity index (χ4v) is 1.75. The summed E-state index contributed by atoms with van der Waals surface area (Å²) >= 11 is 0. The Morgan fingerprint density at radius 1 is 1.04 bits per heavy atom. The van der Waals surface area contributed by atoms with E-state index in [-0.39, 0.29) is 11.7 Å².